The van der Waals surface area contributed by atoms with Crippen LogP contribution < -0.4 is 24.4 Å². The molecule has 1 N–H and O–H groups in total. The Labute approximate surface area is 219 Å². The summed E-state index contributed by atoms with van der Waals surface area (Å²) in [4.78, 5) is 15.1. The van der Waals surface area contributed by atoms with Crippen LogP contribution in [0.25, 0.3) is 0 Å². The Balaban J connectivity index is 1.54. The molecule has 10 nitrogen and oxygen atoms in total. The van der Waals surface area contributed by atoms with Crippen LogP contribution in [0.4, 0.5) is 20.2 Å². The highest BCUT2D eigenvalue weighted by Crippen LogP contribution is 2.33. The van der Waals surface area contributed by atoms with Crippen LogP contribution >= 0.6 is 0 Å². The highest BCUT2D eigenvalue weighted by molar-refractivity contribution is 7.90. The number of halogens is 2. The second-order valence-electron chi connectivity index (χ2n) is 8.72. The van der Waals surface area contributed by atoms with E-state index in [0.717, 1.165) is 10.9 Å². The minimum atomic E-state index is -3.56. The van der Waals surface area contributed by atoms with Crippen LogP contribution in [0, 0.1) is 5.82 Å². The Morgan fingerprint density at radius 2 is 1.87 bits per heavy atom. The quantitative estimate of drug-likeness (QED) is 0.430. The first-order valence-electron chi connectivity index (χ1n) is 11.7. The van der Waals surface area contributed by atoms with Crippen molar-refractivity contribution in [2.75, 3.05) is 43.8 Å². The molecule has 2 aromatic carbocycles. The van der Waals surface area contributed by atoms with Gasteiger partial charge in [0.15, 0.2) is 28.2 Å². The molecular formula is C25H28F2N4O6S. The maximum atomic E-state index is 14.3. The van der Waals surface area contributed by atoms with Crippen molar-refractivity contribution in [3.05, 3.63) is 54.0 Å². The van der Waals surface area contributed by atoms with Gasteiger partial charge >= 0.3 is 0 Å². The Morgan fingerprint density at radius 3 is 2.47 bits per heavy atom. The number of anilines is 2. The molecule has 1 saturated heterocycles. The average molecular weight is 551 g/mol. The van der Waals surface area contributed by atoms with E-state index in [1.165, 1.54) is 44.7 Å². The number of nitrogens with zero attached hydrogens (tertiary/aromatic N) is 3. The van der Waals surface area contributed by atoms with Gasteiger partial charge in [-0.15, -0.1) is 5.10 Å². The van der Waals surface area contributed by atoms with Crippen molar-refractivity contribution in [1.29, 1.82) is 0 Å². The monoisotopic (exact) mass is 550 g/mol. The van der Waals surface area contributed by atoms with E-state index in [4.69, 9.17) is 14.2 Å². The summed E-state index contributed by atoms with van der Waals surface area (Å²) in [6, 6.07) is 8.88. The molecular weight excluding hydrogens is 522 g/mol. The lowest BCUT2D eigenvalue weighted by Crippen LogP contribution is -2.38. The van der Waals surface area contributed by atoms with Gasteiger partial charge in [-0.05, 0) is 30.3 Å². The summed E-state index contributed by atoms with van der Waals surface area (Å²) in [7, 11) is -0.800. The number of methoxy groups -OCH3 is 2. The number of hydrogen-bond donors (Lipinski definition) is 1. The van der Waals surface area contributed by atoms with Crippen LogP contribution in [0.15, 0.2) is 47.5 Å². The maximum absolute atomic E-state index is 14.3. The van der Waals surface area contributed by atoms with Gasteiger partial charge in [-0.25, -0.2) is 21.9 Å². The topological polar surface area (TPSA) is 112 Å². The van der Waals surface area contributed by atoms with E-state index in [1.807, 2.05) is 4.90 Å². The highest BCUT2D eigenvalue weighted by Gasteiger charge is 2.26. The lowest BCUT2D eigenvalue weighted by molar-refractivity contribution is 0.102. The summed E-state index contributed by atoms with van der Waals surface area (Å²) in [6.45, 7) is 0.0647. The van der Waals surface area contributed by atoms with Crippen LogP contribution in [0.3, 0.4) is 0 Å². The molecule has 1 aliphatic rings. The molecule has 1 fully saturated rings. The molecule has 1 aliphatic heterocycles. The maximum Gasteiger partial charge on any atom is 0.262 e. The molecule has 4 rings (SSSR count). The van der Waals surface area contributed by atoms with Crippen molar-refractivity contribution in [2.45, 2.75) is 30.6 Å². The van der Waals surface area contributed by atoms with Crippen molar-refractivity contribution < 1.29 is 36.2 Å². The molecule has 1 amide bonds. The molecule has 2 heterocycles. The predicted molar refractivity (Wildman–Crippen MR) is 136 cm³/mol. The van der Waals surface area contributed by atoms with Gasteiger partial charge in [-0.3, -0.25) is 4.79 Å². The summed E-state index contributed by atoms with van der Waals surface area (Å²) in [5, 5.41) is 6.57. The van der Waals surface area contributed by atoms with E-state index in [0.29, 0.717) is 37.4 Å². The molecule has 0 aliphatic carbocycles. The Morgan fingerprint density at radius 1 is 1.13 bits per heavy atom. The SMILES string of the molecule is COc1ccc(OC2CCN(c3ccc(S(C)(=O)=O)cc3NC(=O)c3cn(CF)nc3OC)CC2)c(F)c1. The molecule has 0 unspecified atom stereocenters. The van der Waals surface area contributed by atoms with Crippen LogP contribution in [0.2, 0.25) is 0 Å². The fourth-order valence-corrected chi connectivity index (χ4v) is 4.83. The van der Waals surface area contributed by atoms with E-state index >= 15 is 0 Å². The fourth-order valence-electron chi connectivity index (χ4n) is 4.18. The molecule has 0 radical (unpaired) electrons. The average Bonchev–Trinajstić information content (AvgIpc) is 3.34. The molecule has 0 spiro atoms. The lowest BCUT2D eigenvalue weighted by atomic mass is 10.1. The van der Waals surface area contributed by atoms with Gasteiger partial charge in [0.2, 0.25) is 5.88 Å². The van der Waals surface area contributed by atoms with E-state index < -0.39 is 28.4 Å². The van der Waals surface area contributed by atoms with Crippen LogP contribution in [-0.4, -0.2) is 63.8 Å². The third-order valence-electron chi connectivity index (χ3n) is 6.15. The number of benzene rings is 2. The predicted octanol–water partition coefficient (Wildman–Crippen LogP) is 3.67. The Kier molecular flexibility index (Phi) is 8.05. The van der Waals surface area contributed by atoms with Gasteiger partial charge in [-0.1, -0.05) is 0 Å². The zero-order chi connectivity index (χ0) is 27.4. The zero-order valence-electron chi connectivity index (χ0n) is 21.1. The number of alkyl halides is 1. The van der Waals surface area contributed by atoms with Crippen LogP contribution in [-0.2, 0) is 16.6 Å². The third-order valence-corrected chi connectivity index (χ3v) is 7.26. The Hall–Kier alpha value is -3.87. The number of nitrogens with one attached hydrogen (secondary N) is 1. The third kappa shape index (κ3) is 5.98. The first-order valence-corrected chi connectivity index (χ1v) is 13.6. The standard InChI is InChI=1S/C25H28F2N4O6S/c1-35-17-4-7-23(20(27)12-17)37-16-8-10-30(11-9-16)22-6-5-18(38(3,33)34)13-21(22)28-24(32)19-14-31(15-26)29-25(19)36-2/h4-7,12-14,16H,8-11,15H2,1-3H3,(H,28,32). The normalized spacial score (nSPS) is 14.3. The van der Waals surface area contributed by atoms with Gasteiger partial charge < -0.3 is 24.4 Å². The second kappa shape index (κ2) is 11.3. The summed E-state index contributed by atoms with van der Waals surface area (Å²) in [5.74, 6) is -0.685. The summed E-state index contributed by atoms with van der Waals surface area (Å²) >= 11 is 0. The number of ether oxygens (including phenoxy) is 3. The molecule has 13 heteroatoms. The first kappa shape index (κ1) is 27.2. The largest absolute Gasteiger partial charge is 0.497 e. The molecule has 0 bridgehead atoms. The van der Waals surface area contributed by atoms with Gasteiger partial charge in [0.05, 0.1) is 30.5 Å². The number of carbonyl (C=O) groups excluding carboxylic acids is 1. The van der Waals surface area contributed by atoms with Crippen molar-refractivity contribution in [3.8, 4) is 17.4 Å². The molecule has 1 aromatic heterocycles. The van der Waals surface area contributed by atoms with Crippen molar-refractivity contribution in [1.82, 2.24) is 9.78 Å². The summed E-state index contributed by atoms with van der Waals surface area (Å²) in [6.07, 6.45) is 3.16. The van der Waals surface area contributed by atoms with E-state index in [9.17, 15) is 22.0 Å². The van der Waals surface area contributed by atoms with Gasteiger partial charge in [0, 0.05) is 44.5 Å². The number of amides is 1. The molecule has 38 heavy (non-hydrogen) atoms. The number of sulfone groups is 1. The van der Waals surface area contributed by atoms with Crippen molar-refractivity contribution in [3.63, 3.8) is 0 Å². The van der Waals surface area contributed by atoms with E-state index in [2.05, 4.69) is 10.4 Å². The van der Waals surface area contributed by atoms with Gasteiger partial charge in [0.25, 0.3) is 5.91 Å². The van der Waals surface area contributed by atoms with Gasteiger partial charge in [-0.2, -0.15) is 0 Å². The Bertz CT molecular complexity index is 1420. The molecule has 204 valence electrons. The van der Waals surface area contributed by atoms with Gasteiger partial charge in [0.1, 0.15) is 17.4 Å². The van der Waals surface area contributed by atoms with E-state index in [1.54, 1.807) is 12.1 Å². The molecule has 0 saturated carbocycles. The number of hydrogen-bond acceptors (Lipinski definition) is 8. The summed E-state index contributed by atoms with van der Waals surface area (Å²) < 4.78 is 68.7. The minimum absolute atomic E-state index is 0.00511. The zero-order valence-corrected chi connectivity index (χ0v) is 21.9. The summed E-state index contributed by atoms with van der Waals surface area (Å²) in [5.41, 5.74) is 0.847. The lowest BCUT2D eigenvalue weighted by Gasteiger charge is -2.35. The first-order chi connectivity index (χ1) is 18.1. The number of aromatic nitrogens is 2. The van der Waals surface area contributed by atoms with Crippen molar-refractivity contribution >= 4 is 27.1 Å². The highest BCUT2D eigenvalue weighted by atomic mass is 32.2. The molecule has 0 atom stereocenters. The second-order valence-corrected chi connectivity index (χ2v) is 10.7. The number of carbonyl (C=O) groups is 1. The fraction of sp³-hybridized carbons (Fsp3) is 0.360. The molecule has 3 aromatic rings. The van der Waals surface area contributed by atoms with Crippen molar-refractivity contribution in [2.24, 2.45) is 0 Å². The number of piperidine rings is 1. The van der Waals surface area contributed by atoms with Crippen LogP contribution in [0.5, 0.6) is 17.4 Å². The smallest absolute Gasteiger partial charge is 0.262 e. The number of rotatable bonds is 9. The van der Waals surface area contributed by atoms with Crippen LogP contribution in [0.1, 0.15) is 23.2 Å². The van der Waals surface area contributed by atoms with E-state index in [-0.39, 0.29) is 33.9 Å². The minimum Gasteiger partial charge on any atom is -0.497 e.